The van der Waals surface area contributed by atoms with Crippen LogP contribution >= 0.6 is 34.5 Å². The Morgan fingerprint density at radius 2 is 1.94 bits per heavy atom. The summed E-state index contributed by atoms with van der Waals surface area (Å²) in [6.07, 6.45) is 2.63. The van der Waals surface area contributed by atoms with Gasteiger partial charge < -0.3 is 5.32 Å². The molecule has 0 aliphatic rings. The molecule has 0 atom stereocenters. The van der Waals surface area contributed by atoms with E-state index in [-0.39, 0.29) is 26.5 Å². The molecule has 10 heteroatoms. The lowest BCUT2D eigenvalue weighted by Gasteiger charge is -2.11. The SMILES string of the molecule is Cc1csc(CCCCNC(=O)c2cccc(NS(=O)(=O)c3cc(Cl)ccc3Cl)c2)n1. The van der Waals surface area contributed by atoms with Crippen molar-refractivity contribution < 1.29 is 13.2 Å². The molecule has 0 saturated heterocycles. The molecule has 0 radical (unpaired) electrons. The van der Waals surface area contributed by atoms with Gasteiger partial charge in [0.25, 0.3) is 15.9 Å². The van der Waals surface area contributed by atoms with Gasteiger partial charge in [0.1, 0.15) is 4.90 Å². The van der Waals surface area contributed by atoms with Gasteiger partial charge in [0.05, 0.1) is 10.0 Å². The molecule has 0 saturated carbocycles. The number of amides is 1. The first-order chi connectivity index (χ1) is 14.7. The van der Waals surface area contributed by atoms with Gasteiger partial charge in [-0.15, -0.1) is 11.3 Å². The smallest absolute Gasteiger partial charge is 0.263 e. The zero-order valence-corrected chi connectivity index (χ0v) is 19.8. The van der Waals surface area contributed by atoms with Crippen molar-refractivity contribution in [3.05, 3.63) is 74.2 Å². The molecule has 0 fully saturated rings. The molecule has 0 bridgehead atoms. The number of halogens is 2. The van der Waals surface area contributed by atoms with Gasteiger partial charge in [0.15, 0.2) is 0 Å². The molecule has 0 spiro atoms. The molecule has 3 aromatic rings. The van der Waals surface area contributed by atoms with Crippen LogP contribution in [-0.4, -0.2) is 25.9 Å². The van der Waals surface area contributed by atoms with Gasteiger partial charge in [-0.2, -0.15) is 0 Å². The van der Waals surface area contributed by atoms with E-state index in [1.807, 2.05) is 12.3 Å². The topological polar surface area (TPSA) is 88.2 Å². The van der Waals surface area contributed by atoms with Gasteiger partial charge in [0, 0.05) is 33.9 Å². The summed E-state index contributed by atoms with van der Waals surface area (Å²) in [4.78, 5) is 16.7. The Morgan fingerprint density at radius 1 is 1.13 bits per heavy atom. The number of thiazole rings is 1. The summed E-state index contributed by atoms with van der Waals surface area (Å²) < 4.78 is 27.8. The van der Waals surface area contributed by atoms with Gasteiger partial charge in [-0.1, -0.05) is 29.3 Å². The lowest BCUT2D eigenvalue weighted by atomic mass is 10.2. The summed E-state index contributed by atoms with van der Waals surface area (Å²) in [5.41, 5.74) is 1.64. The van der Waals surface area contributed by atoms with Crippen molar-refractivity contribution in [3.63, 3.8) is 0 Å². The number of aromatic nitrogens is 1. The average Bonchev–Trinajstić information content (AvgIpc) is 3.14. The molecule has 6 nitrogen and oxygen atoms in total. The number of unbranched alkanes of at least 4 members (excludes halogenated alkanes) is 1. The van der Waals surface area contributed by atoms with Crippen LogP contribution in [0.2, 0.25) is 10.0 Å². The highest BCUT2D eigenvalue weighted by Crippen LogP contribution is 2.27. The Balaban J connectivity index is 1.56. The molecule has 0 aliphatic carbocycles. The standard InChI is InChI=1S/C21H21Cl2N3O3S2/c1-14-13-30-20(25-14)7-2-3-10-24-21(27)15-5-4-6-17(11-15)26-31(28,29)19-12-16(22)8-9-18(19)23/h4-6,8-9,11-13,26H,2-3,7,10H2,1H3,(H,24,27). The number of anilines is 1. The van der Waals surface area contributed by atoms with Crippen LogP contribution in [0.4, 0.5) is 5.69 Å². The van der Waals surface area contributed by atoms with Gasteiger partial charge >= 0.3 is 0 Å². The first-order valence-corrected chi connectivity index (χ1v) is 12.6. The predicted molar refractivity (Wildman–Crippen MR) is 126 cm³/mol. The Kier molecular flexibility index (Phi) is 7.94. The number of benzene rings is 2. The van der Waals surface area contributed by atoms with E-state index in [0.29, 0.717) is 12.1 Å². The highest BCUT2D eigenvalue weighted by molar-refractivity contribution is 7.92. The van der Waals surface area contributed by atoms with Crippen molar-refractivity contribution in [1.82, 2.24) is 10.3 Å². The van der Waals surface area contributed by atoms with E-state index >= 15 is 0 Å². The largest absolute Gasteiger partial charge is 0.352 e. The number of rotatable bonds is 9. The molecule has 1 amide bonds. The lowest BCUT2D eigenvalue weighted by Crippen LogP contribution is -2.24. The number of hydrogen-bond donors (Lipinski definition) is 2. The predicted octanol–water partition coefficient (Wildman–Crippen LogP) is 5.31. The Bertz CT molecular complexity index is 1180. The van der Waals surface area contributed by atoms with Gasteiger partial charge in [-0.05, 0) is 62.6 Å². The average molecular weight is 498 g/mol. The fourth-order valence-electron chi connectivity index (χ4n) is 2.84. The number of nitrogens with one attached hydrogen (secondary N) is 2. The van der Waals surface area contributed by atoms with Crippen LogP contribution in [0.5, 0.6) is 0 Å². The second-order valence-corrected chi connectivity index (χ2v) is 10.3. The quantitative estimate of drug-likeness (QED) is 0.392. The molecular weight excluding hydrogens is 477 g/mol. The fraction of sp³-hybridized carbons (Fsp3) is 0.238. The Morgan fingerprint density at radius 3 is 2.68 bits per heavy atom. The molecule has 1 aromatic heterocycles. The number of aryl methyl sites for hydroxylation is 2. The maximum absolute atomic E-state index is 12.7. The third kappa shape index (κ3) is 6.67. The van der Waals surface area contributed by atoms with E-state index in [0.717, 1.165) is 30.0 Å². The van der Waals surface area contributed by atoms with Gasteiger partial charge in [0.2, 0.25) is 0 Å². The number of nitrogens with zero attached hydrogens (tertiary/aromatic N) is 1. The summed E-state index contributed by atoms with van der Waals surface area (Å²) >= 11 is 13.5. The van der Waals surface area contributed by atoms with Crippen molar-refractivity contribution >= 4 is 56.2 Å². The third-order valence-corrected chi connectivity index (χ3v) is 7.45. The second-order valence-electron chi connectivity index (χ2n) is 6.86. The summed E-state index contributed by atoms with van der Waals surface area (Å²) in [5.74, 6) is -0.271. The normalized spacial score (nSPS) is 11.3. The van der Waals surface area contributed by atoms with Crippen LogP contribution in [0.3, 0.4) is 0 Å². The molecule has 0 unspecified atom stereocenters. The van der Waals surface area contributed by atoms with Crippen molar-refractivity contribution in [2.75, 3.05) is 11.3 Å². The molecule has 164 valence electrons. The van der Waals surface area contributed by atoms with E-state index in [9.17, 15) is 13.2 Å². The first-order valence-electron chi connectivity index (χ1n) is 9.52. The summed E-state index contributed by atoms with van der Waals surface area (Å²) in [7, 11) is -3.96. The van der Waals surface area contributed by atoms with Crippen LogP contribution in [0.25, 0.3) is 0 Å². The Labute approximate surface area is 195 Å². The highest BCUT2D eigenvalue weighted by atomic mass is 35.5. The maximum atomic E-state index is 12.7. The first kappa shape index (κ1) is 23.5. The summed E-state index contributed by atoms with van der Waals surface area (Å²) in [6, 6.07) is 10.5. The van der Waals surface area contributed by atoms with Crippen LogP contribution in [0, 0.1) is 6.92 Å². The minimum Gasteiger partial charge on any atom is -0.352 e. The zero-order chi connectivity index (χ0) is 22.4. The number of carbonyl (C=O) groups excluding carboxylic acids is 1. The minimum absolute atomic E-state index is 0.0544. The van der Waals surface area contributed by atoms with E-state index in [4.69, 9.17) is 23.2 Å². The molecule has 2 aromatic carbocycles. The molecular formula is C21H21Cl2N3O3S2. The lowest BCUT2D eigenvalue weighted by molar-refractivity contribution is 0.0953. The molecule has 0 aliphatic heterocycles. The number of hydrogen-bond acceptors (Lipinski definition) is 5. The number of carbonyl (C=O) groups is 1. The van der Waals surface area contributed by atoms with Crippen molar-refractivity contribution in [2.24, 2.45) is 0 Å². The molecule has 3 rings (SSSR count). The van der Waals surface area contributed by atoms with Crippen molar-refractivity contribution in [3.8, 4) is 0 Å². The van der Waals surface area contributed by atoms with Crippen LogP contribution in [-0.2, 0) is 16.4 Å². The molecule has 31 heavy (non-hydrogen) atoms. The van der Waals surface area contributed by atoms with Crippen LogP contribution in [0.1, 0.15) is 33.9 Å². The number of sulfonamides is 1. The maximum Gasteiger partial charge on any atom is 0.263 e. The summed E-state index contributed by atoms with van der Waals surface area (Å²) in [6.45, 7) is 2.50. The van der Waals surface area contributed by atoms with E-state index in [1.165, 1.54) is 24.3 Å². The van der Waals surface area contributed by atoms with Crippen LogP contribution in [0.15, 0.2) is 52.7 Å². The fourth-order valence-corrected chi connectivity index (χ4v) is 5.47. The van der Waals surface area contributed by atoms with Crippen molar-refractivity contribution in [2.45, 2.75) is 31.1 Å². The van der Waals surface area contributed by atoms with E-state index in [1.54, 1.807) is 29.5 Å². The van der Waals surface area contributed by atoms with E-state index < -0.39 is 10.0 Å². The third-order valence-electron chi connectivity index (χ3n) is 4.33. The van der Waals surface area contributed by atoms with E-state index in [2.05, 4.69) is 15.0 Å². The molecule has 2 N–H and O–H groups in total. The minimum atomic E-state index is -3.96. The monoisotopic (exact) mass is 497 g/mol. The Hall–Kier alpha value is -2.13. The van der Waals surface area contributed by atoms with Gasteiger partial charge in [-0.25, -0.2) is 13.4 Å². The second kappa shape index (κ2) is 10.5. The molecule has 1 heterocycles. The van der Waals surface area contributed by atoms with Crippen molar-refractivity contribution in [1.29, 1.82) is 0 Å². The zero-order valence-electron chi connectivity index (χ0n) is 16.7. The van der Waals surface area contributed by atoms with Crippen LogP contribution < -0.4 is 10.0 Å². The highest BCUT2D eigenvalue weighted by Gasteiger charge is 2.19. The summed E-state index contributed by atoms with van der Waals surface area (Å²) in [5, 5.41) is 6.29. The van der Waals surface area contributed by atoms with Gasteiger partial charge in [-0.3, -0.25) is 9.52 Å².